The fourth-order valence-electron chi connectivity index (χ4n) is 2.27. The normalized spacial score (nSPS) is 10.4. The van der Waals surface area contributed by atoms with Gasteiger partial charge in [0.2, 0.25) is 5.95 Å². The summed E-state index contributed by atoms with van der Waals surface area (Å²) in [6.45, 7) is 0.614. The third-order valence-corrected chi connectivity index (χ3v) is 3.61. The summed E-state index contributed by atoms with van der Waals surface area (Å²) in [5, 5.41) is 13.7. The smallest absolute Gasteiger partial charge is 0.244 e. The molecule has 0 saturated heterocycles. The maximum absolute atomic E-state index is 13.3. The van der Waals surface area contributed by atoms with Crippen LogP contribution >= 0.6 is 0 Å². The lowest BCUT2D eigenvalue weighted by Gasteiger charge is -2.08. The topological polar surface area (TPSA) is 72.0 Å². The number of nitrogens with zero attached hydrogens (tertiary/aromatic N) is 3. The van der Waals surface area contributed by atoms with Crippen LogP contribution in [0.3, 0.4) is 0 Å². The van der Waals surface area contributed by atoms with Crippen LogP contribution in [-0.2, 0) is 6.42 Å². The molecule has 0 unspecified atom stereocenters. The van der Waals surface area contributed by atoms with Gasteiger partial charge in [0.15, 0.2) is 17.5 Å². The van der Waals surface area contributed by atoms with Crippen molar-refractivity contribution in [2.45, 2.75) is 6.42 Å². The van der Waals surface area contributed by atoms with Gasteiger partial charge in [0.1, 0.15) is 5.75 Å². The van der Waals surface area contributed by atoms with Gasteiger partial charge in [0.25, 0.3) is 0 Å². The summed E-state index contributed by atoms with van der Waals surface area (Å²) in [5.41, 5.74) is 1.51. The third kappa shape index (κ3) is 4.62. The van der Waals surface area contributed by atoms with Crippen LogP contribution in [0, 0.1) is 11.6 Å². The van der Waals surface area contributed by atoms with Gasteiger partial charge in [-0.25, -0.2) is 8.78 Å². The maximum atomic E-state index is 13.3. The summed E-state index contributed by atoms with van der Waals surface area (Å²) >= 11 is 0. The van der Waals surface area contributed by atoms with Crippen LogP contribution in [0.15, 0.2) is 48.7 Å². The highest BCUT2D eigenvalue weighted by atomic mass is 19.2. The first-order valence-electron chi connectivity index (χ1n) is 7.92. The van der Waals surface area contributed by atoms with Crippen molar-refractivity contribution in [1.82, 2.24) is 15.2 Å². The number of nitrogens with one attached hydrogen (secondary N) is 2. The highest BCUT2D eigenvalue weighted by Gasteiger charge is 2.05. The number of ether oxygens (including phenoxy) is 1. The molecule has 134 valence electrons. The van der Waals surface area contributed by atoms with Crippen LogP contribution < -0.4 is 15.4 Å². The van der Waals surface area contributed by atoms with Gasteiger partial charge in [-0.15, -0.1) is 5.10 Å². The standard InChI is InChI=1S/C18H17F2N5O/c1-26-14-5-2-12(3-6-14)8-9-21-18-24-17(11-22-25-18)23-13-4-7-15(19)16(20)10-13/h2-7,10-11H,8-9H2,1H3,(H2,21,23,24,25). The van der Waals surface area contributed by atoms with Crippen molar-refractivity contribution in [2.75, 3.05) is 24.3 Å². The van der Waals surface area contributed by atoms with Gasteiger partial charge in [-0.05, 0) is 36.2 Å². The minimum absolute atomic E-state index is 0.339. The molecule has 1 aromatic heterocycles. The molecule has 0 radical (unpaired) electrons. The lowest BCUT2D eigenvalue weighted by Crippen LogP contribution is -2.09. The van der Waals surface area contributed by atoms with E-state index in [0.29, 0.717) is 24.0 Å². The Kier molecular flexibility index (Phi) is 5.52. The summed E-state index contributed by atoms with van der Waals surface area (Å²) in [6, 6.07) is 11.3. The minimum Gasteiger partial charge on any atom is -0.497 e. The van der Waals surface area contributed by atoms with E-state index < -0.39 is 11.6 Å². The van der Waals surface area contributed by atoms with Gasteiger partial charge >= 0.3 is 0 Å². The predicted molar refractivity (Wildman–Crippen MR) is 94.7 cm³/mol. The van der Waals surface area contributed by atoms with E-state index in [4.69, 9.17) is 4.74 Å². The Balaban J connectivity index is 1.57. The van der Waals surface area contributed by atoms with Gasteiger partial charge in [0.05, 0.1) is 13.3 Å². The molecule has 0 aliphatic heterocycles. The first-order chi connectivity index (χ1) is 12.6. The average Bonchev–Trinajstić information content (AvgIpc) is 2.66. The van der Waals surface area contributed by atoms with E-state index >= 15 is 0 Å². The summed E-state index contributed by atoms with van der Waals surface area (Å²) in [7, 11) is 1.63. The Morgan fingerprint density at radius 2 is 1.85 bits per heavy atom. The summed E-state index contributed by atoms with van der Waals surface area (Å²) < 4.78 is 31.3. The molecule has 0 bridgehead atoms. The quantitative estimate of drug-likeness (QED) is 0.674. The molecular weight excluding hydrogens is 340 g/mol. The van der Waals surface area contributed by atoms with Crippen molar-refractivity contribution in [3.63, 3.8) is 0 Å². The van der Waals surface area contributed by atoms with Gasteiger partial charge in [-0.1, -0.05) is 12.1 Å². The van der Waals surface area contributed by atoms with Crippen molar-refractivity contribution in [3.8, 4) is 5.75 Å². The van der Waals surface area contributed by atoms with E-state index in [9.17, 15) is 8.78 Å². The maximum Gasteiger partial charge on any atom is 0.244 e. The zero-order chi connectivity index (χ0) is 18.4. The van der Waals surface area contributed by atoms with E-state index in [-0.39, 0.29) is 0 Å². The lowest BCUT2D eigenvalue weighted by atomic mass is 10.1. The number of anilines is 3. The second kappa shape index (κ2) is 8.19. The Morgan fingerprint density at radius 1 is 1.04 bits per heavy atom. The van der Waals surface area contributed by atoms with Gasteiger partial charge in [-0.2, -0.15) is 10.1 Å². The Bertz CT molecular complexity index is 874. The number of halogens is 2. The molecule has 3 aromatic rings. The summed E-state index contributed by atoms with van der Waals surface area (Å²) in [5.74, 6) is -0.318. The molecule has 8 heteroatoms. The number of hydrogen-bond donors (Lipinski definition) is 2. The van der Waals surface area contributed by atoms with Crippen molar-refractivity contribution in [3.05, 3.63) is 65.9 Å². The molecule has 0 aliphatic carbocycles. The number of methoxy groups -OCH3 is 1. The van der Waals surface area contributed by atoms with Crippen molar-refractivity contribution in [1.29, 1.82) is 0 Å². The number of rotatable bonds is 7. The third-order valence-electron chi connectivity index (χ3n) is 3.61. The van der Waals surface area contributed by atoms with Crippen LogP contribution in [0.1, 0.15) is 5.56 Å². The molecule has 3 rings (SSSR count). The highest BCUT2D eigenvalue weighted by Crippen LogP contribution is 2.17. The zero-order valence-corrected chi connectivity index (χ0v) is 14.0. The fourth-order valence-corrected chi connectivity index (χ4v) is 2.27. The van der Waals surface area contributed by atoms with E-state index in [0.717, 1.165) is 29.9 Å². The van der Waals surface area contributed by atoms with E-state index in [1.807, 2.05) is 24.3 Å². The van der Waals surface area contributed by atoms with Crippen LogP contribution in [0.4, 0.5) is 26.2 Å². The van der Waals surface area contributed by atoms with Crippen molar-refractivity contribution >= 4 is 17.5 Å². The zero-order valence-electron chi connectivity index (χ0n) is 14.0. The largest absolute Gasteiger partial charge is 0.497 e. The average molecular weight is 357 g/mol. The van der Waals surface area contributed by atoms with Gasteiger partial charge in [0, 0.05) is 18.3 Å². The van der Waals surface area contributed by atoms with Crippen LogP contribution in [0.5, 0.6) is 5.75 Å². The molecule has 0 amide bonds. The second-order valence-corrected chi connectivity index (χ2v) is 5.44. The highest BCUT2D eigenvalue weighted by molar-refractivity contribution is 5.56. The van der Waals surface area contributed by atoms with Crippen LogP contribution in [0.2, 0.25) is 0 Å². The molecule has 2 aromatic carbocycles. The SMILES string of the molecule is COc1ccc(CCNc2nncc(Nc3ccc(F)c(F)c3)n2)cc1. The number of benzene rings is 2. The van der Waals surface area contributed by atoms with Crippen LogP contribution in [0.25, 0.3) is 0 Å². The molecule has 6 nitrogen and oxygen atoms in total. The first-order valence-corrected chi connectivity index (χ1v) is 7.92. The van der Waals surface area contributed by atoms with Gasteiger partial charge < -0.3 is 15.4 Å². The Hall–Kier alpha value is -3.29. The molecule has 0 aliphatic rings. The van der Waals surface area contributed by atoms with Gasteiger partial charge in [-0.3, -0.25) is 0 Å². The Morgan fingerprint density at radius 3 is 2.58 bits per heavy atom. The number of hydrogen-bond acceptors (Lipinski definition) is 6. The molecular formula is C18H17F2N5O. The van der Waals surface area contributed by atoms with E-state index in [2.05, 4.69) is 25.8 Å². The molecule has 0 saturated carbocycles. The molecule has 26 heavy (non-hydrogen) atoms. The first kappa shape index (κ1) is 17.5. The molecule has 1 heterocycles. The van der Waals surface area contributed by atoms with Crippen molar-refractivity contribution < 1.29 is 13.5 Å². The van der Waals surface area contributed by atoms with Crippen molar-refractivity contribution in [2.24, 2.45) is 0 Å². The monoisotopic (exact) mass is 357 g/mol. The molecule has 0 fully saturated rings. The second-order valence-electron chi connectivity index (χ2n) is 5.44. The Labute approximate surface area is 149 Å². The minimum atomic E-state index is -0.935. The summed E-state index contributed by atoms with van der Waals surface area (Å²) in [4.78, 5) is 4.25. The summed E-state index contributed by atoms with van der Waals surface area (Å²) in [6.07, 6.45) is 2.17. The predicted octanol–water partition coefficient (Wildman–Crippen LogP) is 3.56. The van der Waals surface area contributed by atoms with E-state index in [1.54, 1.807) is 7.11 Å². The molecule has 2 N–H and O–H groups in total. The number of aromatic nitrogens is 3. The lowest BCUT2D eigenvalue weighted by molar-refractivity contribution is 0.414. The molecule has 0 atom stereocenters. The molecule has 0 spiro atoms. The fraction of sp³-hybridized carbons (Fsp3) is 0.167. The van der Waals surface area contributed by atoms with E-state index in [1.165, 1.54) is 12.3 Å². The van der Waals surface area contributed by atoms with Crippen LogP contribution in [-0.4, -0.2) is 28.8 Å².